The van der Waals surface area contributed by atoms with Crippen molar-refractivity contribution in [3.8, 4) is 11.5 Å². The van der Waals surface area contributed by atoms with E-state index < -0.39 is 5.97 Å². The van der Waals surface area contributed by atoms with Gasteiger partial charge in [-0.15, -0.1) is 0 Å². The molecule has 0 fully saturated rings. The standard InChI is InChI=1S/C8H8O4.CH4O/c1-12-7-4-5(8(10)11)2-3-6(7)9;1-2/h2-4,9H,1H3,(H,10,11);2H,1H3. The maximum Gasteiger partial charge on any atom is 0.335 e. The van der Waals surface area contributed by atoms with Crippen molar-refractivity contribution in [1.82, 2.24) is 0 Å². The van der Waals surface area contributed by atoms with Crippen LogP contribution in [0.15, 0.2) is 18.2 Å². The highest BCUT2D eigenvalue weighted by molar-refractivity contribution is 5.88. The molecule has 1 aromatic rings. The Hall–Kier alpha value is -1.75. The number of aliphatic hydroxyl groups excluding tert-OH is 1. The highest BCUT2D eigenvalue weighted by atomic mass is 16.5. The fourth-order valence-corrected chi connectivity index (χ4v) is 0.811. The predicted octanol–water partition coefficient (Wildman–Crippen LogP) is 0.707. The first-order valence-electron chi connectivity index (χ1n) is 3.70. The molecule has 0 amide bonds. The zero-order valence-electron chi connectivity index (χ0n) is 7.89. The summed E-state index contributed by atoms with van der Waals surface area (Å²) in [6, 6.07) is 3.85. The van der Waals surface area contributed by atoms with E-state index in [4.69, 9.17) is 20.1 Å². The average Bonchev–Trinajstić information content (AvgIpc) is 2.21. The predicted molar refractivity (Wildman–Crippen MR) is 49.8 cm³/mol. The fourth-order valence-electron chi connectivity index (χ4n) is 0.811. The molecule has 78 valence electrons. The van der Waals surface area contributed by atoms with Crippen LogP contribution in [-0.4, -0.2) is 35.5 Å². The first-order chi connectivity index (χ1) is 6.65. The number of benzene rings is 1. The minimum absolute atomic E-state index is 0.0671. The number of aromatic carboxylic acids is 1. The summed E-state index contributed by atoms with van der Waals surface area (Å²) in [5.74, 6) is -0.953. The van der Waals surface area contributed by atoms with Crippen LogP contribution in [-0.2, 0) is 0 Å². The summed E-state index contributed by atoms with van der Waals surface area (Å²) in [4.78, 5) is 10.4. The molecule has 0 bridgehead atoms. The Morgan fingerprint density at radius 2 is 1.93 bits per heavy atom. The van der Waals surface area contributed by atoms with E-state index in [0.29, 0.717) is 0 Å². The van der Waals surface area contributed by atoms with E-state index in [1.807, 2.05) is 0 Å². The second-order valence-corrected chi connectivity index (χ2v) is 2.19. The Morgan fingerprint density at radius 3 is 2.36 bits per heavy atom. The third-order valence-electron chi connectivity index (χ3n) is 1.43. The van der Waals surface area contributed by atoms with E-state index in [2.05, 4.69) is 0 Å². The van der Waals surface area contributed by atoms with Gasteiger partial charge in [0.2, 0.25) is 0 Å². The average molecular weight is 200 g/mol. The van der Waals surface area contributed by atoms with Gasteiger partial charge in [-0.25, -0.2) is 4.79 Å². The molecule has 0 radical (unpaired) electrons. The smallest absolute Gasteiger partial charge is 0.335 e. The van der Waals surface area contributed by atoms with E-state index in [0.717, 1.165) is 7.11 Å². The van der Waals surface area contributed by atoms with Gasteiger partial charge in [0.05, 0.1) is 12.7 Å². The Morgan fingerprint density at radius 1 is 1.36 bits per heavy atom. The summed E-state index contributed by atoms with van der Waals surface area (Å²) in [6.45, 7) is 0. The monoisotopic (exact) mass is 200 g/mol. The number of hydrogen-bond donors (Lipinski definition) is 3. The molecule has 14 heavy (non-hydrogen) atoms. The van der Waals surface area contributed by atoms with E-state index in [1.54, 1.807) is 0 Å². The van der Waals surface area contributed by atoms with Crippen molar-refractivity contribution in [2.24, 2.45) is 0 Å². The van der Waals surface area contributed by atoms with E-state index in [9.17, 15) is 4.79 Å². The lowest BCUT2D eigenvalue weighted by molar-refractivity contribution is 0.0696. The maximum absolute atomic E-state index is 10.4. The molecule has 0 aliphatic carbocycles. The lowest BCUT2D eigenvalue weighted by Crippen LogP contribution is -1.96. The van der Waals surface area contributed by atoms with Crippen molar-refractivity contribution >= 4 is 5.97 Å². The van der Waals surface area contributed by atoms with Crippen LogP contribution in [0.5, 0.6) is 11.5 Å². The number of carboxylic acids is 1. The minimum Gasteiger partial charge on any atom is -0.504 e. The molecular weight excluding hydrogens is 188 g/mol. The van der Waals surface area contributed by atoms with Gasteiger partial charge in [-0.3, -0.25) is 0 Å². The molecule has 0 saturated heterocycles. The fraction of sp³-hybridized carbons (Fsp3) is 0.222. The summed E-state index contributed by atoms with van der Waals surface area (Å²) < 4.78 is 4.72. The summed E-state index contributed by atoms with van der Waals surface area (Å²) in [5, 5.41) is 24.7. The maximum atomic E-state index is 10.4. The quantitative estimate of drug-likeness (QED) is 0.654. The lowest BCUT2D eigenvalue weighted by atomic mass is 10.2. The first-order valence-corrected chi connectivity index (χ1v) is 3.70. The van der Waals surface area contributed by atoms with Gasteiger partial charge in [0.15, 0.2) is 11.5 Å². The number of aliphatic hydroxyl groups is 1. The number of ether oxygens (including phenoxy) is 1. The number of hydrogen-bond acceptors (Lipinski definition) is 4. The molecule has 1 rings (SSSR count). The van der Waals surface area contributed by atoms with Crippen LogP contribution < -0.4 is 4.74 Å². The summed E-state index contributed by atoms with van der Waals surface area (Å²) in [5.41, 5.74) is 0.0876. The zero-order chi connectivity index (χ0) is 11.1. The Labute approximate surface area is 81.2 Å². The normalized spacial score (nSPS) is 8.50. The number of phenols is 1. The van der Waals surface area contributed by atoms with Crippen molar-refractivity contribution in [2.75, 3.05) is 14.2 Å². The van der Waals surface area contributed by atoms with Crippen molar-refractivity contribution in [2.45, 2.75) is 0 Å². The molecule has 0 aliphatic heterocycles. The number of rotatable bonds is 2. The van der Waals surface area contributed by atoms with Gasteiger partial charge < -0.3 is 20.1 Å². The van der Waals surface area contributed by atoms with Crippen LogP contribution in [0.3, 0.4) is 0 Å². The van der Waals surface area contributed by atoms with Gasteiger partial charge in [-0.2, -0.15) is 0 Å². The van der Waals surface area contributed by atoms with Gasteiger partial charge in [-0.05, 0) is 18.2 Å². The molecule has 5 heteroatoms. The summed E-state index contributed by atoms with van der Waals surface area (Å²) in [7, 11) is 2.36. The molecule has 0 heterocycles. The Bertz CT molecular complexity index is 308. The molecular formula is C9H12O5. The molecule has 0 aliphatic rings. The van der Waals surface area contributed by atoms with E-state index in [1.165, 1.54) is 25.3 Å². The number of aromatic hydroxyl groups is 1. The molecule has 0 atom stereocenters. The molecule has 0 spiro atoms. The first kappa shape index (κ1) is 12.2. The summed E-state index contributed by atoms with van der Waals surface area (Å²) >= 11 is 0. The van der Waals surface area contributed by atoms with E-state index in [-0.39, 0.29) is 17.1 Å². The largest absolute Gasteiger partial charge is 0.504 e. The molecule has 1 aromatic carbocycles. The highest BCUT2D eigenvalue weighted by Crippen LogP contribution is 2.25. The summed E-state index contributed by atoms with van der Waals surface area (Å²) in [6.07, 6.45) is 0. The lowest BCUT2D eigenvalue weighted by Gasteiger charge is -2.02. The minimum atomic E-state index is -1.05. The number of phenolic OH excluding ortho intramolecular Hbond substituents is 1. The van der Waals surface area contributed by atoms with Gasteiger partial charge >= 0.3 is 5.97 Å². The van der Waals surface area contributed by atoms with Gasteiger partial charge in [0, 0.05) is 7.11 Å². The van der Waals surface area contributed by atoms with Crippen LogP contribution in [0, 0.1) is 0 Å². The highest BCUT2D eigenvalue weighted by Gasteiger charge is 2.06. The molecule has 5 nitrogen and oxygen atoms in total. The molecule has 3 N–H and O–H groups in total. The van der Waals surface area contributed by atoms with Gasteiger partial charge in [-0.1, -0.05) is 0 Å². The molecule has 0 saturated carbocycles. The molecule has 0 unspecified atom stereocenters. The molecule has 0 aromatic heterocycles. The zero-order valence-corrected chi connectivity index (χ0v) is 7.89. The number of carboxylic acid groups (broad SMARTS) is 1. The third-order valence-corrected chi connectivity index (χ3v) is 1.43. The van der Waals surface area contributed by atoms with Crippen LogP contribution in [0.25, 0.3) is 0 Å². The topological polar surface area (TPSA) is 87.0 Å². The Balaban J connectivity index is 0.000000791. The van der Waals surface area contributed by atoms with Crippen LogP contribution >= 0.6 is 0 Å². The van der Waals surface area contributed by atoms with Crippen LogP contribution in [0.2, 0.25) is 0 Å². The van der Waals surface area contributed by atoms with Gasteiger partial charge in [0.1, 0.15) is 0 Å². The Kier molecular flexibility index (Phi) is 5.09. The van der Waals surface area contributed by atoms with Crippen LogP contribution in [0.1, 0.15) is 10.4 Å². The van der Waals surface area contributed by atoms with Crippen molar-refractivity contribution in [3.63, 3.8) is 0 Å². The SMILES string of the molecule is CO.COc1cc(C(=O)O)ccc1O. The van der Waals surface area contributed by atoms with Crippen molar-refractivity contribution in [3.05, 3.63) is 23.8 Å². The third kappa shape index (κ3) is 2.95. The second-order valence-electron chi connectivity index (χ2n) is 2.19. The van der Waals surface area contributed by atoms with Crippen molar-refractivity contribution < 1.29 is 24.9 Å². The van der Waals surface area contributed by atoms with Crippen molar-refractivity contribution in [1.29, 1.82) is 0 Å². The number of methoxy groups -OCH3 is 1. The van der Waals surface area contributed by atoms with Gasteiger partial charge in [0.25, 0.3) is 0 Å². The number of carbonyl (C=O) groups is 1. The van der Waals surface area contributed by atoms with E-state index >= 15 is 0 Å². The second kappa shape index (κ2) is 5.82. The van der Waals surface area contributed by atoms with Crippen LogP contribution in [0.4, 0.5) is 0 Å².